The van der Waals surface area contributed by atoms with Gasteiger partial charge in [0.2, 0.25) is 0 Å². The molecule has 1 aromatic rings. The molecule has 0 aliphatic carbocycles. The monoisotopic (exact) mass is 210 g/mol. The van der Waals surface area contributed by atoms with Gasteiger partial charge < -0.3 is 4.74 Å². The molecule has 0 heterocycles. The number of benzene rings is 1. The first-order valence-corrected chi connectivity index (χ1v) is 4.95. The number of aryl methyl sites for hydroxylation is 2. The fourth-order valence-corrected chi connectivity index (χ4v) is 1.43. The van der Waals surface area contributed by atoms with Crippen molar-refractivity contribution in [2.45, 2.75) is 27.2 Å². The number of esters is 1. The van der Waals surface area contributed by atoms with E-state index in [1.165, 1.54) is 6.07 Å². The van der Waals surface area contributed by atoms with Crippen molar-refractivity contribution in [1.82, 2.24) is 0 Å². The number of hydrogen-bond donors (Lipinski definition) is 0. The van der Waals surface area contributed by atoms with E-state index in [9.17, 15) is 9.18 Å². The third-order valence-electron chi connectivity index (χ3n) is 2.26. The van der Waals surface area contributed by atoms with Gasteiger partial charge in [0.15, 0.2) is 0 Å². The third-order valence-corrected chi connectivity index (χ3v) is 2.26. The van der Waals surface area contributed by atoms with Gasteiger partial charge in [0.1, 0.15) is 5.82 Å². The van der Waals surface area contributed by atoms with E-state index in [0.29, 0.717) is 17.7 Å². The minimum Gasteiger partial charge on any atom is -0.466 e. The lowest BCUT2D eigenvalue weighted by Gasteiger charge is -2.07. The maximum absolute atomic E-state index is 13.2. The summed E-state index contributed by atoms with van der Waals surface area (Å²) < 4.78 is 18.1. The molecule has 0 amide bonds. The van der Waals surface area contributed by atoms with Crippen LogP contribution in [0.25, 0.3) is 0 Å². The Labute approximate surface area is 89.1 Å². The van der Waals surface area contributed by atoms with E-state index in [2.05, 4.69) is 0 Å². The van der Waals surface area contributed by atoms with Crippen molar-refractivity contribution in [3.63, 3.8) is 0 Å². The molecule has 0 bridgehead atoms. The predicted octanol–water partition coefficient (Wildman–Crippen LogP) is 2.55. The Morgan fingerprint density at radius 3 is 2.60 bits per heavy atom. The Morgan fingerprint density at radius 2 is 2.00 bits per heavy atom. The summed E-state index contributed by atoms with van der Waals surface area (Å²) in [7, 11) is 0. The molecule has 0 spiro atoms. The summed E-state index contributed by atoms with van der Waals surface area (Å²) in [5.41, 5.74) is 2.21. The van der Waals surface area contributed by atoms with E-state index >= 15 is 0 Å². The highest BCUT2D eigenvalue weighted by molar-refractivity contribution is 5.73. The molecule has 0 atom stereocenters. The normalized spacial score (nSPS) is 10.1. The molecule has 0 saturated carbocycles. The summed E-state index contributed by atoms with van der Waals surface area (Å²) in [4.78, 5) is 11.2. The molecule has 0 aliphatic rings. The van der Waals surface area contributed by atoms with Crippen LogP contribution in [0.4, 0.5) is 4.39 Å². The van der Waals surface area contributed by atoms with Crippen molar-refractivity contribution >= 4 is 5.97 Å². The Hall–Kier alpha value is -1.38. The summed E-state index contributed by atoms with van der Waals surface area (Å²) >= 11 is 0. The molecule has 1 rings (SSSR count). The molecule has 0 fully saturated rings. The van der Waals surface area contributed by atoms with Crippen molar-refractivity contribution in [1.29, 1.82) is 0 Å². The fraction of sp³-hybridized carbons (Fsp3) is 0.417. The van der Waals surface area contributed by atoms with E-state index in [-0.39, 0.29) is 18.2 Å². The molecule has 0 unspecified atom stereocenters. The van der Waals surface area contributed by atoms with Crippen molar-refractivity contribution < 1.29 is 13.9 Å². The SMILES string of the molecule is CCOC(=O)Cc1cc(F)c(C)cc1C. The van der Waals surface area contributed by atoms with Gasteiger partial charge in [0.05, 0.1) is 13.0 Å². The van der Waals surface area contributed by atoms with Crippen LogP contribution in [0.15, 0.2) is 12.1 Å². The first-order valence-electron chi connectivity index (χ1n) is 4.95. The zero-order chi connectivity index (χ0) is 11.4. The van der Waals surface area contributed by atoms with E-state index in [4.69, 9.17) is 4.74 Å². The average Bonchev–Trinajstić information content (AvgIpc) is 2.14. The molecule has 3 heteroatoms. The van der Waals surface area contributed by atoms with Crippen LogP contribution in [0, 0.1) is 19.7 Å². The summed E-state index contributed by atoms with van der Waals surface area (Å²) in [6, 6.07) is 3.14. The molecule has 1 aromatic carbocycles. The van der Waals surface area contributed by atoms with E-state index in [1.807, 2.05) is 6.92 Å². The summed E-state index contributed by atoms with van der Waals surface area (Å²) in [5, 5.41) is 0. The largest absolute Gasteiger partial charge is 0.466 e. The van der Waals surface area contributed by atoms with Crippen LogP contribution in [0.1, 0.15) is 23.6 Å². The lowest BCUT2D eigenvalue weighted by atomic mass is 10.0. The number of carbonyl (C=O) groups is 1. The lowest BCUT2D eigenvalue weighted by molar-refractivity contribution is -0.142. The molecule has 0 aromatic heterocycles. The minimum absolute atomic E-state index is 0.136. The second-order valence-corrected chi connectivity index (χ2v) is 3.51. The van der Waals surface area contributed by atoms with Crippen molar-refractivity contribution in [3.8, 4) is 0 Å². The van der Waals surface area contributed by atoms with Crippen LogP contribution in [-0.2, 0) is 16.0 Å². The lowest BCUT2D eigenvalue weighted by Crippen LogP contribution is -2.09. The van der Waals surface area contributed by atoms with E-state index < -0.39 is 0 Å². The van der Waals surface area contributed by atoms with Crippen LogP contribution in [0.5, 0.6) is 0 Å². The van der Waals surface area contributed by atoms with Gasteiger partial charge in [-0.25, -0.2) is 4.39 Å². The summed E-state index contributed by atoms with van der Waals surface area (Å²) in [6.45, 7) is 5.67. The van der Waals surface area contributed by atoms with Crippen molar-refractivity contribution in [3.05, 3.63) is 34.6 Å². The summed E-state index contributed by atoms with van der Waals surface area (Å²) in [6.07, 6.45) is 0.136. The fourth-order valence-electron chi connectivity index (χ4n) is 1.43. The number of carbonyl (C=O) groups excluding carboxylic acids is 1. The molecule has 2 nitrogen and oxygen atoms in total. The van der Waals surface area contributed by atoms with Gasteiger partial charge in [-0.1, -0.05) is 6.07 Å². The number of hydrogen-bond acceptors (Lipinski definition) is 2. The highest BCUT2D eigenvalue weighted by atomic mass is 19.1. The molecule has 15 heavy (non-hydrogen) atoms. The maximum atomic E-state index is 13.2. The third kappa shape index (κ3) is 3.05. The molecular formula is C12H15FO2. The minimum atomic E-state index is -0.316. The standard InChI is InChI=1S/C12H15FO2/c1-4-15-12(14)7-10-6-11(13)9(3)5-8(10)2/h5-6H,4,7H2,1-3H3. The van der Waals surface area contributed by atoms with Gasteiger partial charge in [-0.3, -0.25) is 4.79 Å². The van der Waals surface area contributed by atoms with Gasteiger partial charge >= 0.3 is 5.97 Å². The number of ether oxygens (including phenoxy) is 1. The average molecular weight is 210 g/mol. The topological polar surface area (TPSA) is 26.3 Å². The predicted molar refractivity (Wildman–Crippen MR) is 56.2 cm³/mol. The van der Waals surface area contributed by atoms with Crippen LogP contribution in [-0.4, -0.2) is 12.6 Å². The highest BCUT2D eigenvalue weighted by Crippen LogP contribution is 2.15. The Kier molecular flexibility index (Phi) is 3.83. The van der Waals surface area contributed by atoms with Crippen LogP contribution >= 0.6 is 0 Å². The van der Waals surface area contributed by atoms with Crippen LogP contribution in [0.2, 0.25) is 0 Å². The smallest absolute Gasteiger partial charge is 0.310 e. The second kappa shape index (κ2) is 4.91. The van der Waals surface area contributed by atoms with Crippen molar-refractivity contribution in [2.24, 2.45) is 0 Å². The molecule has 0 N–H and O–H groups in total. The van der Waals surface area contributed by atoms with Gasteiger partial charge in [-0.2, -0.15) is 0 Å². The number of rotatable bonds is 3. The maximum Gasteiger partial charge on any atom is 0.310 e. The van der Waals surface area contributed by atoms with Crippen molar-refractivity contribution in [2.75, 3.05) is 6.61 Å². The van der Waals surface area contributed by atoms with Gasteiger partial charge in [0.25, 0.3) is 0 Å². The van der Waals surface area contributed by atoms with Gasteiger partial charge in [-0.15, -0.1) is 0 Å². The first kappa shape index (κ1) is 11.7. The first-order chi connectivity index (χ1) is 7.04. The van der Waals surface area contributed by atoms with E-state index in [1.54, 1.807) is 19.9 Å². The van der Waals surface area contributed by atoms with Crippen LogP contribution in [0.3, 0.4) is 0 Å². The molecule has 82 valence electrons. The molecular weight excluding hydrogens is 195 g/mol. The van der Waals surface area contributed by atoms with Gasteiger partial charge in [-0.05, 0) is 43.5 Å². The second-order valence-electron chi connectivity index (χ2n) is 3.51. The Bertz CT molecular complexity index is 372. The van der Waals surface area contributed by atoms with Gasteiger partial charge in [0, 0.05) is 0 Å². The molecule has 0 radical (unpaired) electrons. The Morgan fingerprint density at radius 1 is 1.33 bits per heavy atom. The van der Waals surface area contributed by atoms with E-state index in [0.717, 1.165) is 5.56 Å². The summed E-state index contributed by atoms with van der Waals surface area (Å²) in [5.74, 6) is -0.594. The number of halogens is 1. The molecule has 0 aliphatic heterocycles. The Balaban J connectivity index is 2.86. The highest BCUT2D eigenvalue weighted by Gasteiger charge is 2.09. The molecule has 0 saturated heterocycles. The zero-order valence-electron chi connectivity index (χ0n) is 9.26. The zero-order valence-corrected chi connectivity index (χ0v) is 9.26. The quantitative estimate of drug-likeness (QED) is 0.717. The van der Waals surface area contributed by atoms with Crippen LogP contribution < -0.4 is 0 Å².